The van der Waals surface area contributed by atoms with Crippen LogP contribution < -0.4 is 0 Å². The number of allylic oxidation sites excluding steroid dienone is 6. The minimum atomic E-state index is 0.964. The summed E-state index contributed by atoms with van der Waals surface area (Å²) >= 11 is 0. The molecule has 0 radical (unpaired) electrons. The van der Waals surface area contributed by atoms with Gasteiger partial charge in [0.15, 0.2) is 0 Å². The van der Waals surface area contributed by atoms with E-state index in [-0.39, 0.29) is 0 Å². The van der Waals surface area contributed by atoms with Crippen molar-refractivity contribution in [3.8, 4) is 0 Å². The van der Waals surface area contributed by atoms with E-state index in [1.807, 2.05) is 56.6 Å². The highest BCUT2D eigenvalue weighted by atomic mass is 15.1. The van der Waals surface area contributed by atoms with Crippen molar-refractivity contribution in [1.29, 1.82) is 0 Å². The van der Waals surface area contributed by atoms with Crippen molar-refractivity contribution in [3.05, 3.63) is 84.6 Å². The summed E-state index contributed by atoms with van der Waals surface area (Å²) in [7, 11) is 4.04. The second kappa shape index (κ2) is 7.34. The van der Waals surface area contributed by atoms with Gasteiger partial charge in [-0.25, -0.2) is 0 Å². The molecule has 0 aliphatic heterocycles. The van der Waals surface area contributed by atoms with Crippen LogP contribution in [0.1, 0.15) is 18.1 Å². The lowest BCUT2D eigenvalue weighted by molar-refractivity contribution is 0.510. The quantitative estimate of drug-likeness (QED) is 0.660. The van der Waals surface area contributed by atoms with Crippen molar-refractivity contribution in [2.75, 3.05) is 14.1 Å². The van der Waals surface area contributed by atoms with Crippen molar-refractivity contribution >= 4 is 11.6 Å². The molecule has 0 spiro atoms. The van der Waals surface area contributed by atoms with Gasteiger partial charge in [0.05, 0.1) is 0 Å². The highest BCUT2D eigenvalue weighted by Crippen LogP contribution is 2.21. The average Bonchev–Trinajstić information content (AvgIpc) is 2.47. The first-order chi connectivity index (χ1) is 9.51. The second-order valence-electron chi connectivity index (χ2n) is 4.79. The van der Waals surface area contributed by atoms with E-state index in [0.29, 0.717) is 0 Å². The van der Waals surface area contributed by atoms with Crippen LogP contribution in [-0.2, 0) is 0 Å². The Bertz CT molecular complexity index is 571. The van der Waals surface area contributed by atoms with E-state index in [1.165, 1.54) is 5.70 Å². The minimum absolute atomic E-state index is 0.964. The Morgan fingerprint density at radius 1 is 1.10 bits per heavy atom. The van der Waals surface area contributed by atoms with Gasteiger partial charge in [-0.2, -0.15) is 0 Å². The van der Waals surface area contributed by atoms with E-state index in [9.17, 15) is 0 Å². The second-order valence-corrected chi connectivity index (χ2v) is 4.79. The fourth-order valence-corrected chi connectivity index (χ4v) is 1.84. The summed E-state index contributed by atoms with van der Waals surface area (Å²) in [5, 5.41) is 0. The lowest BCUT2D eigenvalue weighted by Gasteiger charge is -2.15. The van der Waals surface area contributed by atoms with Gasteiger partial charge in [0.2, 0.25) is 0 Å². The molecule has 0 atom stereocenters. The Balaban J connectivity index is 3.06. The fourth-order valence-electron chi connectivity index (χ4n) is 1.84. The van der Waals surface area contributed by atoms with Crippen molar-refractivity contribution < 1.29 is 0 Å². The molecule has 0 aromatic heterocycles. The molecular weight excluding hydrogens is 242 g/mol. The Morgan fingerprint density at radius 2 is 1.75 bits per heavy atom. The van der Waals surface area contributed by atoms with Crippen molar-refractivity contribution in [3.63, 3.8) is 0 Å². The van der Waals surface area contributed by atoms with E-state index >= 15 is 0 Å². The van der Waals surface area contributed by atoms with Gasteiger partial charge in [-0.1, -0.05) is 68.3 Å². The molecule has 0 N–H and O–H groups in total. The first kappa shape index (κ1) is 15.8. The van der Waals surface area contributed by atoms with Gasteiger partial charge in [0, 0.05) is 19.8 Å². The predicted molar refractivity (Wildman–Crippen MR) is 91.3 cm³/mol. The number of benzene rings is 1. The van der Waals surface area contributed by atoms with Crippen molar-refractivity contribution in [2.24, 2.45) is 0 Å². The molecule has 104 valence electrons. The normalized spacial score (nSPS) is 11.9. The van der Waals surface area contributed by atoms with Crippen molar-refractivity contribution in [1.82, 2.24) is 4.90 Å². The molecule has 0 amide bonds. The Hall–Kier alpha value is -2.28. The maximum absolute atomic E-state index is 4.14. The molecule has 0 fully saturated rings. The largest absolute Gasteiger partial charge is 0.381 e. The molecule has 1 heteroatoms. The summed E-state index contributed by atoms with van der Waals surface area (Å²) in [6.45, 7) is 13.9. The Labute approximate surface area is 122 Å². The van der Waals surface area contributed by atoms with Crippen LogP contribution in [0.4, 0.5) is 0 Å². The van der Waals surface area contributed by atoms with Gasteiger partial charge >= 0.3 is 0 Å². The van der Waals surface area contributed by atoms with Crippen molar-refractivity contribution in [2.45, 2.75) is 6.92 Å². The molecular formula is C19H23N. The number of hydrogen-bond donors (Lipinski definition) is 0. The molecule has 0 saturated heterocycles. The number of hydrogen-bond acceptors (Lipinski definition) is 1. The third kappa shape index (κ3) is 3.86. The molecule has 0 aliphatic rings. The number of nitrogens with zero attached hydrogens (tertiary/aromatic N) is 1. The van der Waals surface area contributed by atoms with Crippen LogP contribution in [0.25, 0.3) is 11.6 Å². The standard InChI is InChI=1S/C19H23N/c1-7-17(16(4)20(5)6)14-13-15(3)19-12-10-9-11-18(19)8-2/h7-14H,1-3H2,4-6H3/b14-13-,17-16+. The van der Waals surface area contributed by atoms with E-state index in [0.717, 1.165) is 22.3 Å². The molecule has 1 aromatic carbocycles. The molecule has 0 bridgehead atoms. The van der Waals surface area contributed by atoms with Crippen LogP contribution in [0.3, 0.4) is 0 Å². The number of rotatable bonds is 6. The first-order valence-corrected chi connectivity index (χ1v) is 6.60. The third-order valence-electron chi connectivity index (χ3n) is 3.30. The smallest absolute Gasteiger partial charge is 0.0169 e. The zero-order valence-corrected chi connectivity index (χ0v) is 12.7. The molecule has 0 unspecified atom stereocenters. The molecule has 1 rings (SSSR count). The summed E-state index contributed by atoms with van der Waals surface area (Å²) < 4.78 is 0. The van der Waals surface area contributed by atoms with Gasteiger partial charge < -0.3 is 4.90 Å². The first-order valence-electron chi connectivity index (χ1n) is 6.60. The zero-order chi connectivity index (χ0) is 15.1. The summed E-state index contributed by atoms with van der Waals surface area (Å²) in [5.74, 6) is 0. The molecule has 0 saturated carbocycles. The Kier molecular flexibility index (Phi) is 5.79. The molecule has 1 aromatic rings. The Morgan fingerprint density at radius 3 is 2.30 bits per heavy atom. The predicted octanol–water partition coefficient (Wildman–Crippen LogP) is 4.92. The molecule has 0 heterocycles. The summed E-state index contributed by atoms with van der Waals surface area (Å²) in [6.07, 6.45) is 7.78. The summed E-state index contributed by atoms with van der Waals surface area (Å²) in [5.41, 5.74) is 5.42. The van der Waals surface area contributed by atoms with Crippen LogP contribution in [0.5, 0.6) is 0 Å². The summed E-state index contributed by atoms with van der Waals surface area (Å²) in [4.78, 5) is 2.07. The van der Waals surface area contributed by atoms with Crippen LogP contribution in [-0.4, -0.2) is 19.0 Å². The summed E-state index contributed by atoms with van der Waals surface area (Å²) in [6, 6.07) is 8.11. The fraction of sp³-hybridized carbons (Fsp3) is 0.158. The maximum Gasteiger partial charge on any atom is 0.0169 e. The van der Waals surface area contributed by atoms with Crippen LogP contribution in [0.2, 0.25) is 0 Å². The van der Waals surface area contributed by atoms with E-state index in [2.05, 4.69) is 37.6 Å². The molecule has 1 nitrogen and oxygen atoms in total. The monoisotopic (exact) mass is 265 g/mol. The van der Waals surface area contributed by atoms with Crippen LogP contribution in [0.15, 0.2) is 73.5 Å². The SMILES string of the molecule is C=CC(/C=C\C(=C)c1ccccc1C=C)=C(/C)N(C)C. The average molecular weight is 265 g/mol. The van der Waals surface area contributed by atoms with Gasteiger partial charge in [0.1, 0.15) is 0 Å². The van der Waals surface area contributed by atoms with Gasteiger partial charge in [-0.05, 0) is 29.2 Å². The van der Waals surface area contributed by atoms with E-state index < -0.39 is 0 Å². The van der Waals surface area contributed by atoms with Gasteiger partial charge in [-0.15, -0.1) is 0 Å². The van der Waals surface area contributed by atoms with Gasteiger partial charge in [-0.3, -0.25) is 0 Å². The minimum Gasteiger partial charge on any atom is -0.381 e. The van der Waals surface area contributed by atoms with Crippen LogP contribution >= 0.6 is 0 Å². The maximum atomic E-state index is 4.14. The third-order valence-corrected chi connectivity index (χ3v) is 3.30. The highest BCUT2D eigenvalue weighted by Gasteiger charge is 2.01. The van der Waals surface area contributed by atoms with E-state index in [1.54, 1.807) is 0 Å². The zero-order valence-electron chi connectivity index (χ0n) is 12.7. The highest BCUT2D eigenvalue weighted by molar-refractivity contribution is 5.78. The topological polar surface area (TPSA) is 3.24 Å². The lowest BCUT2D eigenvalue weighted by atomic mass is 10.00. The molecule has 20 heavy (non-hydrogen) atoms. The van der Waals surface area contributed by atoms with Gasteiger partial charge in [0.25, 0.3) is 0 Å². The van der Waals surface area contributed by atoms with Crippen LogP contribution in [0, 0.1) is 0 Å². The van der Waals surface area contributed by atoms with E-state index in [4.69, 9.17) is 0 Å². The lowest BCUT2D eigenvalue weighted by Crippen LogP contribution is -2.09. The molecule has 0 aliphatic carbocycles.